The van der Waals surface area contributed by atoms with Crippen LogP contribution in [0.2, 0.25) is 0 Å². The van der Waals surface area contributed by atoms with E-state index < -0.39 is 0 Å². The first kappa shape index (κ1) is 20.3. The van der Waals surface area contributed by atoms with Gasteiger partial charge in [-0.3, -0.25) is 0 Å². The van der Waals surface area contributed by atoms with Gasteiger partial charge in [-0.2, -0.15) is 0 Å². The Labute approximate surface area is 97.2 Å². The van der Waals surface area contributed by atoms with Gasteiger partial charge in [0.25, 0.3) is 0 Å². The number of unbranched alkanes of at least 4 members (excludes halogenated alkanes) is 4. The van der Waals surface area contributed by atoms with Crippen molar-refractivity contribution in [2.24, 2.45) is 0 Å². The second-order valence-corrected chi connectivity index (χ2v) is 4.54. The van der Waals surface area contributed by atoms with Gasteiger partial charge in [0.2, 0.25) is 0 Å². The fraction of sp³-hybridized carbons (Fsp3) is 1.00. The van der Waals surface area contributed by atoms with E-state index in [1.807, 2.05) is 0 Å². The van der Waals surface area contributed by atoms with E-state index in [0.717, 1.165) is 0 Å². The maximum atomic E-state index is 3.31. The van der Waals surface area contributed by atoms with Crippen LogP contribution in [0.1, 0.15) is 73.6 Å². The molecule has 0 spiro atoms. The summed E-state index contributed by atoms with van der Waals surface area (Å²) in [4.78, 5) is 0. The summed E-state index contributed by atoms with van der Waals surface area (Å²) in [5.74, 6) is 0. The summed E-state index contributed by atoms with van der Waals surface area (Å²) in [6, 6.07) is 1.25. The van der Waals surface area contributed by atoms with Crippen molar-refractivity contribution in [3.63, 3.8) is 0 Å². The Bertz CT molecular complexity index is 82.5. The first-order chi connectivity index (χ1) is 6.54. The molecule has 0 aromatic rings. The second kappa shape index (κ2) is 16.4. The lowest BCUT2D eigenvalue weighted by Gasteiger charge is -2.10. The van der Waals surface area contributed by atoms with E-state index in [1.54, 1.807) is 0 Å². The molecule has 2 heteroatoms. The molecule has 0 unspecified atom stereocenters. The Hall–Kier alpha value is -0.0800. The fourth-order valence-corrected chi connectivity index (χ4v) is 1.34. The van der Waals surface area contributed by atoms with Crippen LogP contribution in [0.25, 0.3) is 0 Å². The summed E-state index contributed by atoms with van der Waals surface area (Å²) in [6.45, 7) is 13.1. The van der Waals surface area contributed by atoms with E-state index in [4.69, 9.17) is 0 Å². The smallest absolute Gasteiger partial charge is 0.00127 e. The Morgan fingerprint density at radius 1 is 0.733 bits per heavy atom. The molecule has 0 aliphatic rings. The molecule has 0 aliphatic heterocycles. The lowest BCUT2D eigenvalue weighted by atomic mass is 10.2. The van der Waals surface area contributed by atoms with Crippen LogP contribution in [-0.4, -0.2) is 17.6 Å². The summed E-state index contributed by atoms with van der Waals surface area (Å²) in [7, 11) is 0. The Kier molecular flexibility index (Phi) is 22.2. The topological polar surface area (TPSA) is 43.5 Å². The van der Waals surface area contributed by atoms with E-state index in [-0.39, 0.29) is 5.48 Å². The van der Waals surface area contributed by atoms with Crippen molar-refractivity contribution in [2.45, 2.75) is 85.7 Å². The molecule has 0 atom stereocenters. The van der Waals surface area contributed by atoms with Crippen LogP contribution < -0.4 is 5.32 Å². The summed E-state index contributed by atoms with van der Waals surface area (Å²) in [5.41, 5.74) is 0. The SMILES string of the molecule is CC(C)NC(C)C.CCCCCCC.O. The molecule has 0 rings (SSSR count). The molecule has 0 saturated heterocycles. The predicted molar refractivity (Wildman–Crippen MR) is 71.5 cm³/mol. The molecule has 0 aliphatic carbocycles. The summed E-state index contributed by atoms with van der Waals surface area (Å²) < 4.78 is 0. The molecule has 0 amide bonds. The van der Waals surface area contributed by atoms with Crippen molar-refractivity contribution in [3.05, 3.63) is 0 Å². The molecule has 3 N–H and O–H groups in total. The molecule has 2 nitrogen and oxygen atoms in total. The Balaban J connectivity index is -0.000000180. The lowest BCUT2D eigenvalue weighted by Crippen LogP contribution is -2.29. The average molecular weight is 219 g/mol. The highest BCUT2D eigenvalue weighted by molar-refractivity contribution is 4.55. The third-order valence-corrected chi connectivity index (χ3v) is 1.87. The predicted octanol–water partition coefficient (Wildman–Crippen LogP) is 3.54. The van der Waals surface area contributed by atoms with Gasteiger partial charge in [-0.15, -0.1) is 0 Å². The zero-order valence-corrected chi connectivity index (χ0v) is 11.7. The monoisotopic (exact) mass is 219 g/mol. The summed E-state index contributed by atoms with van der Waals surface area (Å²) >= 11 is 0. The van der Waals surface area contributed by atoms with Crippen molar-refractivity contribution in [1.82, 2.24) is 5.32 Å². The quantitative estimate of drug-likeness (QED) is 0.682. The van der Waals surface area contributed by atoms with Gasteiger partial charge >= 0.3 is 0 Å². The highest BCUT2D eigenvalue weighted by Gasteiger charge is 1.92. The van der Waals surface area contributed by atoms with Gasteiger partial charge in [0.1, 0.15) is 0 Å². The third kappa shape index (κ3) is 31.5. The average Bonchev–Trinajstić information content (AvgIpc) is 2.04. The molecular weight excluding hydrogens is 186 g/mol. The third-order valence-electron chi connectivity index (χ3n) is 1.87. The van der Waals surface area contributed by atoms with E-state index >= 15 is 0 Å². The number of rotatable bonds is 6. The molecule has 0 bridgehead atoms. The molecule has 0 saturated carbocycles. The number of nitrogens with one attached hydrogen (secondary N) is 1. The minimum absolute atomic E-state index is 0. The minimum atomic E-state index is 0. The van der Waals surface area contributed by atoms with Gasteiger partial charge in [0.05, 0.1) is 0 Å². The van der Waals surface area contributed by atoms with Gasteiger partial charge in [-0.25, -0.2) is 0 Å². The van der Waals surface area contributed by atoms with Gasteiger partial charge < -0.3 is 10.8 Å². The zero-order valence-electron chi connectivity index (χ0n) is 11.7. The Morgan fingerprint density at radius 3 is 1.20 bits per heavy atom. The molecular formula is C13H33NO. The first-order valence-corrected chi connectivity index (χ1v) is 6.30. The number of hydrogen-bond donors (Lipinski definition) is 1. The van der Waals surface area contributed by atoms with Gasteiger partial charge in [0, 0.05) is 12.1 Å². The van der Waals surface area contributed by atoms with Crippen LogP contribution in [-0.2, 0) is 0 Å². The van der Waals surface area contributed by atoms with Gasteiger partial charge in [0.15, 0.2) is 0 Å². The van der Waals surface area contributed by atoms with E-state index in [2.05, 4.69) is 46.9 Å². The van der Waals surface area contributed by atoms with Crippen LogP contribution in [0.4, 0.5) is 0 Å². The van der Waals surface area contributed by atoms with Crippen molar-refractivity contribution in [3.8, 4) is 0 Å². The van der Waals surface area contributed by atoms with Crippen molar-refractivity contribution < 1.29 is 5.48 Å². The normalized spacial score (nSPS) is 9.60. The van der Waals surface area contributed by atoms with Crippen LogP contribution in [0.3, 0.4) is 0 Å². The van der Waals surface area contributed by atoms with Crippen LogP contribution in [0.15, 0.2) is 0 Å². The van der Waals surface area contributed by atoms with Gasteiger partial charge in [-0.1, -0.05) is 73.6 Å². The maximum absolute atomic E-state index is 3.31. The second-order valence-electron chi connectivity index (χ2n) is 4.54. The fourth-order valence-electron chi connectivity index (χ4n) is 1.34. The minimum Gasteiger partial charge on any atom is -0.412 e. The molecule has 0 heterocycles. The summed E-state index contributed by atoms with van der Waals surface area (Å²) in [6.07, 6.45) is 7.01. The van der Waals surface area contributed by atoms with Crippen molar-refractivity contribution >= 4 is 0 Å². The number of hydrogen-bond acceptors (Lipinski definition) is 1. The Morgan fingerprint density at radius 2 is 1.07 bits per heavy atom. The highest BCUT2D eigenvalue weighted by Crippen LogP contribution is 2.00. The lowest BCUT2D eigenvalue weighted by molar-refractivity contribution is 0.518. The molecule has 15 heavy (non-hydrogen) atoms. The van der Waals surface area contributed by atoms with Crippen LogP contribution in [0.5, 0.6) is 0 Å². The maximum Gasteiger partial charge on any atom is 0.00127 e. The largest absolute Gasteiger partial charge is 0.412 e. The zero-order chi connectivity index (χ0) is 11.4. The summed E-state index contributed by atoms with van der Waals surface area (Å²) in [5, 5.41) is 3.31. The molecule has 0 aromatic heterocycles. The van der Waals surface area contributed by atoms with E-state index in [9.17, 15) is 0 Å². The van der Waals surface area contributed by atoms with Gasteiger partial charge in [-0.05, 0) is 0 Å². The van der Waals surface area contributed by atoms with E-state index in [0.29, 0.717) is 12.1 Å². The standard InChI is InChI=1S/C7H16.C6H15N.H2O/c1-3-5-7-6-4-2;1-5(2)7-6(3)4;/h3-7H2,1-2H3;5-7H,1-4H3;1H2. The van der Waals surface area contributed by atoms with E-state index in [1.165, 1.54) is 32.1 Å². The molecule has 0 fully saturated rings. The molecule has 0 aromatic carbocycles. The van der Waals surface area contributed by atoms with Crippen molar-refractivity contribution in [2.75, 3.05) is 0 Å². The van der Waals surface area contributed by atoms with Crippen LogP contribution in [0, 0.1) is 0 Å². The molecule has 0 radical (unpaired) electrons. The highest BCUT2D eigenvalue weighted by atomic mass is 16.0. The molecule has 96 valence electrons. The van der Waals surface area contributed by atoms with Crippen molar-refractivity contribution in [1.29, 1.82) is 0 Å². The van der Waals surface area contributed by atoms with Crippen LogP contribution >= 0.6 is 0 Å². The first-order valence-electron chi connectivity index (χ1n) is 6.30.